The number of esters is 1. The van der Waals surface area contributed by atoms with Gasteiger partial charge in [-0.2, -0.15) is 0 Å². The lowest BCUT2D eigenvalue weighted by atomic mass is 9.92. The summed E-state index contributed by atoms with van der Waals surface area (Å²) in [5.74, 6) is -0.609. The lowest BCUT2D eigenvalue weighted by Crippen LogP contribution is -2.44. The van der Waals surface area contributed by atoms with Gasteiger partial charge in [0, 0.05) is 18.5 Å². The molecule has 3 atom stereocenters. The van der Waals surface area contributed by atoms with Gasteiger partial charge in [0.1, 0.15) is 5.75 Å². The monoisotopic (exact) mass is 334 g/mol. The number of carbonyl (C=O) groups is 2. The number of phenols is 1. The van der Waals surface area contributed by atoms with Crippen molar-refractivity contribution in [2.24, 2.45) is 11.8 Å². The molecule has 1 aromatic carbocycles. The van der Waals surface area contributed by atoms with Crippen LogP contribution in [0.5, 0.6) is 5.75 Å². The minimum absolute atomic E-state index is 0.00274. The molecule has 1 aliphatic heterocycles. The van der Waals surface area contributed by atoms with Crippen LogP contribution in [0.2, 0.25) is 0 Å². The highest BCUT2D eigenvalue weighted by atomic mass is 16.5. The van der Waals surface area contributed by atoms with E-state index < -0.39 is 5.92 Å². The van der Waals surface area contributed by atoms with E-state index in [-0.39, 0.29) is 30.1 Å². The smallest absolute Gasteiger partial charge is 0.310 e. The zero-order valence-corrected chi connectivity index (χ0v) is 14.2. The van der Waals surface area contributed by atoms with E-state index >= 15 is 0 Å². The molecule has 2 rings (SSSR count). The summed E-state index contributed by atoms with van der Waals surface area (Å²) in [4.78, 5) is 24.3. The summed E-state index contributed by atoms with van der Waals surface area (Å²) in [6, 6.07) is 7.03. The zero-order chi connectivity index (χ0) is 17.5. The summed E-state index contributed by atoms with van der Waals surface area (Å²) in [5, 5.41) is 15.6. The average Bonchev–Trinajstić information content (AvgIpc) is 2.59. The number of benzene rings is 1. The molecular formula is C18H26N2O4. The van der Waals surface area contributed by atoms with E-state index in [2.05, 4.69) is 17.6 Å². The fourth-order valence-electron chi connectivity index (χ4n) is 3.06. The highest BCUT2D eigenvalue weighted by Crippen LogP contribution is 2.17. The highest BCUT2D eigenvalue weighted by Gasteiger charge is 2.26. The van der Waals surface area contributed by atoms with E-state index in [9.17, 15) is 14.7 Å². The van der Waals surface area contributed by atoms with Crippen LogP contribution in [0.4, 0.5) is 0 Å². The average molecular weight is 334 g/mol. The molecule has 0 aliphatic carbocycles. The topological polar surface area (TPSA) is 87.7 Å². The molecule has 3 N–H and O–H groups in total. The molecule has 1 unspecified atom stereocenters. The predicted octanol–water partition coefficient (Wildman–Crippen LogP) is 1.23. The second-order valence-electron chi connectivity index (χ2n) is 6.41. The van der Waals surface area contributed by atoms with Crippen molar-refractivity contribution in [3.05, 3.63) is 29.8 Å². The van der Waals surface area contributed by atoms with Gasteiger partial charge in [0.2, 0.25) is 5.91 Å². The van der Waals surface area contributed by atoms with Crippen molar-refractivity contribution < 1.29 is 19.4 Å². The Balaban J connectivity index is 1.92. The first-order chi connectivity index (χ1) is 11.5. The highest BCUT2D eigenvalue weighted by molar-refractivity contribution is 5.80. The van der Waals surface area contributed by atoms with Crippen molar-refractivity contribution in [1.29, 1.82) is 0 Å². The van der Waals surface area contributed by atoms with Gasteiger partial charge in [-0.1, -0.05) is 12.1 Å². The van der Waals surface area contributed by atoms with Crippen LogP contribution in [0.3, 0.4) is 0 Å². The van der Waals surface area contributed by atoms with Gasteiger partial charge >= 0.3 is 5.97 Å². The van der Waals surface area contributed by atoms with Crippen molar-refractivity contribution in [3.8, 4) is 5.75 Å². The molecule has 0 radical (unpaired) electrons. The third-order valence-electron chi connectivity index (χ3n) is 4.47. The van der Waals surface area contributed by atoms with Crippen molar-refractivity contribution >= 4 is 11.9 Å². The molecule has 6 heteroatoms. The van der Waals surface area contributed by atoms with Crippen LogP contribution < -0.4 is 10.6 Å². The number of hydrogen-bond donors (Lipinski definition) is 3. The summed E-state index contributed by atoms with van der Waals surface area (Å²) in [5.41, 5.74) is 0.910. The molecule has 0 aromatic heterocycles. The third kappa shape index (κ3) is 5.23. The summed E-state index contributed by atoms with van der Waals surface area (Å²) in [6.45, 7) is 3.17. The first-order valence-electron chi connectivity index (χ1n) is 8.36. The van der Waals surface area contributed by atoms with Crippen molar-refractivity contribution in [2.75, 3.05) is 20.2 Å². The molecule has 0 bridgehead atoms. The number of carbonyl (C=O) groups excluding carboxylic acids is 2. The number of piperidine rings is 1. The lowest BCUT2D eigenvalue weighted by Gasteiger charge is -2.27. The Labute approximate surface area is 142 Å². The van der Waals surface area contributed by atoms with Crippen LogP contribution >= 0.6 is 0 Å². The quantitative estimate of drug-likeness (QED) is 0.681. The Hall–Kier alpha value is -2.08. The molecule has 1 aliphatic rings. The van der Waals surface area contributed by atoms with Crippen molar-refractivity contribution in [2.45, 2.75) is 32.2 Å². The second kappa shape index (κ2) is 8.68. The number of rotatable bonds is 6. The Bertz CT molecular complexity index is 559. The Kier molecular flexibility index (Phi) is 6.61. The maximum Gasteiger partial charge on any atom is 0.310 e. The Morgan fingerprint density at radius 1 is 1.38 bits per heavy atom. The number of aromatic hydroxyl groups is 1. The van der Waals surface area contributed by atoms with Gasteiger partial charge in [-0.05, 0) is 50.4 Å². The van der Waals surface area contributed by atoms with E-state index in [4.69, 9.17) is 4.74 Å². The van der Waals surface area contributed by atoms with Gasteiger partial charge in [-0.15, -0.1) is 0 Å². The second-order valence-corrected chi connectivity index (χ2v) is 6.41. The maximum atomic E-state index is 12.3. The molecule has 132 valence electrons. The minimum Gasteiger partial charge on any atom is -0.508 e. The number of nitrogens with one attached hydrogen (secondary N) is 2. The van der Waals surface area contributed by atoms with E-state index in [1.807, 2.05) is 0 Å². The maximum absolute atomic E-state index is 12.3. The molecule has 0 saturated carbocycles. The molecule has 1 fully saturated rings. The SMILES string of the molecule is COC(=O)C(CNC(=O)[C@H]1CCN[C@@H](C)C1)Cc1ccc(O)cc1. The predicted molar refractivity (Wildman–Crippen MR) is 90.5 cm³/mol. The van der Waals surface area contributed by atoms with Gasteiger partial charge in [0.05, 0.1) is 13.0 Å². The lowest BCUT2D eigenvalue weighted by molar-refractivity contribution is -0.145. The van der Waals surface area contributed by atoms with Crippen LogP contribution in [0.25, 0.3) is 0 Å². The Morgan fingerprint density at radius 2 is 2.08 bits per heavy atom. The number of hydrogen-bond acceptors (Lipinski definition) is 5. The Morgan fingerprint density at radius 3 is 2.71 bits per heavy atom. The molecule has 0 spiro atoms. The normalized spacial score (nSPS) is 21.8. The van der Waals surface area contributed by atoms with Crippen LogP contribution in [-0.4, -0.2) is 43.2 Å². The first-order valence-corrected chi connectivity index (χ1v) is 8.36. The largest absolute Gasteiger partial charge is 0.508 e. The fourth-order valence-corrected chi connectivity index (χ4v) is 3.06. The van der Waals surface area contributed by atoms with Gasteiger partial charge in [-0.25, -0.2) is 0 Å². The van der Waals surface area contributed by atoms with Gasteiger partial charge < -0.3 is 20.5 Å². The van der Waals surface area contributed by atoms with Gasteiger partial charge in [0.25, 0.3) is 0 Å². The summed E-state index contributed by atoms with van der Waals surface area (Å²) < 4.78 is 4.85. The van der Waals surface area contributed by atoms with Crippen molar-refractivity contribution in [3.63, 3.8) is 0 Å². The molecule has 1 heterocycles. The summed E-state index contributed by atoms with van der Waals surface area (Å²) >= 11 is 0. The molecule has 1 amide bonds. The van der Waals surface area contributed by atoms with E-state index in [1.54, 1.807) is 24.3 Å². The van der Waals surface area contributed by atoms with E-state index in [0.717, 1.165) is 24.9 Å². The number of phenolic OH excluding ortho intramolecular Hbond substituents is 1. The fraction of sp³-hybridized carbons (Fsp3) is 0.556. The van der Waals surface area contributed by atoms with Gasteiger partial charge in [-0.3, -0.25) is 9.59 Å². The first kappa shape index (κ1) is 18.3. The number of ether oxygens (including phenoxy) is 1. The summed E-state index contributed by atoms with van der Waals surface area (Å²) in [7, 11) is 1.35. The zero-order valence-electron chi connectivity index (χ0n) is 14.2. The molecular weight excluding hydrogens is 308 g/mol. The number of amides is 1. The molecule has 24 heavy (non-hydrogen) atoms. The van der Waals surface area contributed by atoms with E-state index in [0.29, 0.717) is 12.5 Å². The summed E-state index contributed by atoms with van der Waals surface area (Å²) in [6.07, 6.45) is 2.08. The molecule has 1 aromatic rings. The van der Waals surface area contributed by atoms with Crippen LogP contribution in [0.1, 0.15) is 25.3 Å². The minimum atomic E-state index is -0.442. The molecule has 1 saturated heterocycles. The van der Waals surface area contributed by atoms with Gasteiger partial charge in [0.15, 0.2) is 0 Å². The molecule has 6 nitrogen and oxygen atoms in total. The number of methoxy groups -OCH3 is 1. The standard InChI is InChI=1S/C18H26N2O4/c1-12-9-14(7-8-19-12)17(22)20-11-15(18(23)24-2)10-13-3-5-16(21)6-4-13/h3-6,12,14-15,19,21H,7-11H2,1-2H3,(H,20,22)/t12-,14-,15?/m0/s1. The third-order valence-corrected chi connectivity index (χ3v) is 4.47. The van der Waals surface area contributed by atoms with Crippen molar-refractivity contribution in [1.82, 2.24) is 10.6 Å². The van der Waals surface area contributed by atoms with E-state index in [1.165, 1.54) is 7.11 Å². The van der Waals surface area contributed by atoms with Crippen LogP contribution in [0.15, 0.2) is 24.3 Å². The van der Waals surface area contributed by atoms with Crippen LogP contribution in [-0.2, 0) is 20.7 Å². The van der Waals surface area contributed by atoms with Crippen LogP contribution in [0, 0.1) is 11.8 Å².